The molecule has 0 atom stereocenters. The number of aliphatic carboxylic acids is 1. The summed E-state index contributed by atoms with van der Waals surface area (Å²) in [5.41, 5.74) is 4.11. The van der Waals surface area contributed by atoms with Gasteiger partial charge in [-0.2, -0.15) is 0 Å². The van der Waals surface area contributed by atoms with Gasteiger partial charge < -0.3 is 9.84 Å². The van der Waals surface area contributed by atoms with Crippen LogP contribution in [0, 0.1) is 0 Å². The van der Waals surface area contributed by atoms with Crippen LogP contribution in [0.2, 0.25) is 15.1 Å². The number of pyridine rings is 1. The van der Waals surface area contributed by atoms with Gasteiger partial charge in [-0.05, 0) is 67.8 Å². The molecule has 0 bridgehead atoms. The Morgan fingerprint density at radius 3 is 2.27 bits per heavy atom. The van der Waals surface area contributed by atoms with Gasteiger partial charge in [-0.25, -0.2) is 9.78 Å². The average molecular weight is 503 g/mol. The molecule has 4 nitrogen and oxygen atoms in total. The minimum Gasteiger partial charge on any atom is -0.478 e. The van der Waals surface area contributed by atoms with Crippen LogP contribution in [0.15, 0.2) is 54.1 Å². The number of carboxylic acid groups (broad SMARTS) is 1. The Kier molecular flexibility index (Phi) is 6.45. The number of aromatic nitrogens is 1. The molecule has 33 heavy (non-hydrogen) atoms. The SMILES string of the molecule is CC/C(C(=O)O)=C1/CC(C)(C)Oc2nc(-c3ccc(Cl)cc3Cl)c(-c3ccc(Cl)cc3)cc21. The summed E-state index contributed by atoms with van der Waals surface area (Å²) in [6.45, 7) is 5.69. The van der Waals surface area contributed by atoms with E-state index in [-0.39, 0.29) is 0 Å². The van der Waals surface area contributed by atoms with Crippen molar-refractivity contribution in [2.45, 2.75) is 39.2 Å². The van der Waals surface area contributed by atoms with Crippen molar-refractivity contribution in [3.05, 3.63) is 74.7 Å². The van der Waals surface area contributed by atoms with E-state index in [1.807, 2.05) is 45.0 Å². The summed E-state index contributed by atoms with van der Waals surface area (Å²) in [5, 5.41) is 11.5. The van der Waals surface area contributed by atoms with Crippen molar-refractivity contribution in [1.82, 2.24) is 4.98 Å². The van der Waals surface area contributed by atoms with Gasteiger partial charge >= 0.3 is 5.97 Å². The van der Waals surface area contributed by atoms with Crippen LogP contribution in [0.25, 0.3) is 28.0 Å². The summed E-state index contributed by atoms with van der Waals surface area (Å²) in [6.07, 6.45) is 0.847. The molecular weight excluding hydrogens is 481 g/mol. The van der Waals surface area contributed by atoms with Gasteiger partial charge in [-0.3, -0.25) is 0 Å². The number of nitrogens with zero attached hydrogens (tertiary/aromatic N) is 1. The van der Waals surface area contributed by atoms with Crippen LogP contribution in [0.1, 0.15) is 39.2 Å². The van der Waals surface area contributed by atoms with E-state index in [0.29, 0.717) is 56.2 Å². The standard InChI is InChI=1S/C26H22Cl3NO3/c1-4-17(25(31)32)21-13-26(2,3)33-24-20(21)12-19(14-5-7-15(27)8-6-14)23(30-24)18-10-9-16(28)11-22(18)29/h5-12H,4,13H2,1-3H3,(H,31,32)/b21-17+. The minimum absolute atomic E-state index is 0.355. The monoisotopic (exact) mass is 501 g/mol. The molecule has 2 aromatic carbocycles. The fourth-order valence-electron chi connectivity index (χ4n) is 4.11. The molecule has 0 saturated carbocycles. The second-order valence-electron chi connectivity index (χ2n) is 8.52. The molecule has 1 aliphatic heterocycles. The smallest absolute Gasteiger partial charge is 0.331 e. The molecule has 0 fully saturated rings. The largest absolute Gasteiger partial charge is 0.478 e. The molecule has 3 aromatic rings. The van der Waals surface area contributed by atoms with Crippen LogP contribution in [0.3, 0.4) is 0 Å². The van der Waals surface area contributed by atoms with Crippen molar-refractivity contribution in [3.63, 3.8) is 0 Å². The number of hydrogen-bond acceptors (Lipinski definition) is 3. The average Bonchev–Trinajstić information content (AvgIpc) is 2.73. The highest BCUT2D eigenvalue weighted by Crippen LogP contribution is 2.46. The molecule has 1 N–H and O–H groups in total. The summed E-state index contributed by atoms with van der Waals surface area (Å²) in [6, 6.07) is 14.6. The maximum absolute atomic E-state index is 12.0. The second kappa shape index (κ2) is 9.02. The highest BCUT2D eigenvalue weighted by molar-refractivity contribution is 6.36. The van der Waals surface area contributed by atoms with E-state index in [2.05, 4.69) is 0 Å². The molecule has 4 rings (SSSR count). The molecule has 7 heteroatoms. The van der Waals surface area contributed by atoms with Gasteiger partial charge in [0.1, 0.15) is 5.60 Å². The third-order valence-corrected chi connectivity index (χ3v) is 6.41. The van der Waals surface area contributed by atoms with Gasteiger partial charge in [-0.1, -0.05) is 53.9 Å². The number of ether oxygens (including phenoxy) is 1. The second-order valence-corrected chi connectivity index (χ2v) is 9.80. The Hall–Kier alpha value is -2.53. The lowest BCUT2D eigenvalue weighted by atomic mass is 9.85. The Labute approximate surface area is 207 Å². The fourth-order valence-corrected chi connectivity index (χ4v) is 4.73. The molecule has 0 radical (unpaired) electrons. The third-order valence-electron chi connectivity index (χ3n) is 5.61. The lowest BCUT2D eigenvalue weighted by molar-refractivity contribution is -0.132. The molecule has 0 aliphatic carbocycles. The molecule has 0 unspecified atom stereocenters. The fraction of sp³-hybridized carbons (Fsp3) is 0.231. The number of hydrogen-bond donors (Lipinski definition) is 1. The predicted octanol–water partition coefficient (Wildman–Crippen LogP) is 8.19. The highest BCUT2D eigenvalue weighted by atomic mass is 35.5. The van der Waals surface area contributed by atoms with Crippen molar-refractivity contribution in [2.24, 2.45) is 0 Å². The van der Waals surface area contributed by atoms with Crippen molar-refractivity contribution >= 4 is 46.3 Å². The van der Waals surface area contributed by atoms with Gasteiger partial charge in [0.2, 0.25) is 5.88 Å². The van der Waals surface area contributed by atoms with Crippen molar-refractivity contribution in [3.8, 4) is 28.3 Å². The van der Waals surface area contributed by atoms with Crippen molar-refractivity contribution in [1.29, 1.82) is 0 Å². The molecule has 0 spiro atoms. The molecule has 2 heterocycles. The first kappa shape index (κ1) is 23.6. The Balaban J connectivity index is 2.07. The van der Waals surface area contributed by atoms with Crippen LogP contribution in [0.4, 0.5) is 0 Å². The Morgan fingerprint density at radius 2 is 1.67 bits per heavy atom. The number of halogens is 3. The predicted molar refractivity (Wildman–Crippen MR) is 134 cm³/mol. The number of fused-ring (bicyclic) bond motifs is 1. The van der Waals surface area contributed by atoms with Crippen LogP contribution < -0.4 is 4.74 Å². The third kappa shape index (κ3) is 4.74. The zero-order valence-electron chi connectivity index (χ0n) is 18.4. The maximum atomic E-state index is 12.0. The lowest BCUT2D eigenvalue weighted by Gasteiger charge is -2.35. The van der Waals surface area contributed by atoms with Gasteiger partial charge in [0, 0.05) is 38.7 Å². The van der Waals surface area contributed by atoms with Crippen LogP contribution in [-0.4, -0.2) is 21.7 Å². The van der Waals surface area contributed by atoms with Crippen molar-refractivity contribution in [2.75, 3.05) is 0 Å². The first-order chi connectivity index (χ1) is 15.6. The van der Waals surface area contributed by atoms with E-state index in [9.17, 15) is 9.90 Å². The quantitative estimate of drug-likeness (QED) is 0.365. The van der Waals surface area contributed by atoms with E-state index in [1.54, 1.807) is 24.3 Å². The van der Waals surface area contributed by atoms with E-state index in [0.717, 1.165) is 16.7 Å². The van der Waals surface area contributed by atoms with E-state index in [4.69, 9.17) is 44.5 Å². The number of rotatable bonds is 4. The topological polar surface area (TPSA) is 59.4 Å². The van der Waals surface area contributed by atoms with Crippen LogP contribution in [0.5, 0.6) is 5.88 Å². The summed E-state index contributed by atoms with van der Waals surface area (Å²) < 4.78 is 6.23. The first-order valence-corrected chi connectivity index (χ1v) is 11.6. The van der Waals surface area contributed by atoms with E-state index in [1.165, 1.54) is 0 Å². The van der Waals surface area contributed by atoms with Gasteiger partial charge in [0.25, 0.3) is 0 Å². The zero-order chi connectivity index (χ0) is 23.9. The summed E-state index contributed by atoms with van der Waals surface area (Å²) in [5.74, 6) is -0.554. The van der Waals surface area contributed by atoms with Crippen molar-refractivity contribution < 1.29 is 14.6 Å². The molecular formula is C26H22Cl3NO3. The minimum atomic E-state index is -0.936. The molecule has 0 saturated heterocycles. The number of carbonyl (C=O) groups is 1. The van der Waals surface area contributed by atoms with Crippen LogP contribution >= 0.6 is 34.8 Å². The Morgan fingerprint density at radius 1 is 1.00 bits per heavy atom. The summed E-state index contributed by atoms with van der Waals surface area (Å²) in [4.78, 5) is 16.9. The maximum Gasteiger partial charge on any atom is 0.331 e. The van der Waals surface area contributed by atoms with E-state index < -0.39 is 11.6 Å². The molecule has 0 amide bonds. The number of carboxylic acids is 1. The van der Waals surface area contributed by atoms with Crippen LogP contribution in [-0.2, 0) is 4.79 Å². The number of benzene rings is 2. The van der Waals surface area contributed by atoms with Gasteiger partial charge in [0.15, 0.2) is 0 Å². The highest BCUT2D eigenvalue weighted by Gasteiger charge is 2.35. The summed E-state index contributed by atoms with van der Waals surface area (Å²) in [7, 11) is 0. The molecule has 1 aromatic heterocycles. The molecule has 170 valence electrons. The molecule has 1 aliphatic rings. The lowest BCUT2D eigenvalue weighted by Crippen LogP contribution is -2.33. The first-order valence-electron chi connectivity index (χ1n) is 10.5. The Bertz CT molecular complexity index is 1280. The van der Waals surface area contributed by atoms with E-state index >= 15 is 0 Å². The van der Waals surface area contributed by atoms with Gasteiger partial charge in [0.05, 0.1) is 10.7 Å². The summed E-state index contributed by atoms with van der Waals surface area (Å²) >= 11 is 18.8. The zero-order valence-corrected chi connectivity index (χ0v) is 20.6. The van der Waals surface area contributed by atoms with Gasteiger partial charge in [-0.15, -0.1) is 0 Å². The normalized spacial score (nSPS) is 16.1.